The van der Waals surface area contributed by atoms with E-state index in [1.807, 2.05) is 30.3 Å². The second-order valence-electron chi connectivity index (χ2n) is 5.44. The molecule has 21 heavy (non-hydrogen) atoms. The molecule has 3 rings (SSSR count). The number of benzene rings is 1. The van der Waals surface area contributed by atoms with E-state index in [4.69, 9.17) is 9.72 Å². The lowest BCUT2D eigenvalue weighted by molar-refractivity contribution is 0.0343. The van der Waals surface area contributed by atoms with Gasteiger partial charge in [0.15, 0.2) is 5.13 Å². The Balaban J connectivity index is 1.96. The molecule has 0 saturated carbocycles. The Morgan fingerprint density at radius 3 is 2.81 bits per heavy atom. The topological polar surface area (TPSA) is 45.6 Å². The van der Waals surface area contributed by atoms with Crippen molar-refractivity contribution in [2.75, 3.05) is 18.1 Å². The molecule has 2 heterocycles. The van der Waals surface area contributed by atoms with Gasteiger partial charge in [0.1, 0.15) is 0 Å². The second-order valence-corrected chi connectivity index (χ2v) is 6.50. The summed E-state index contributed by atoms with van der Waals surface area (Å²) in [5.74, 6) is 0. The highest BCUT2D eigenvalue weighted by molar-refractivity contribution is 7.16. The molecule has 2 atom stereocenters. The van der Waals surface area contributed by atoms with E-state index in [0.717, 1.165) is 34.4 Å². The van der Waals surface area contributed by atoms with Gasteiger partial charge in [-0.3, -0.25) is 0 Å². The first-order valence-corrected chi connectivity index (χ1v) is 8.05. The number of hydrogen-bond acceptors (Lipinski definition) is 5. The second kappa shape index (κ2) is 6.13. The molecule has 2 aromatic rings. The SMILES string of the molecule is CC1CN(c2nc(-c3ccccc3)c(CO)s2)C(C)CO1. The number of aliphatic hydroxyl groups is 1. The van der Waals surface area contributed by atoms with Gasteiger partial charge in [-0.1, -0.05) is 41.7 Å². The van der Waals surface area contributed by atoms with Gasteiger partial charge in [-0.2, -0.15) is 0 Å². The summed E-state index contributed by atoms with van der Waals surface area (Å²) in [4.78, 5) is 7.99. The molecule has 1 saturated heterocycles. The third kappa shape index (κ3) is 2.95. The van der Waals surface area contributed by atoms with Crippen molar-refractivity contribution in [1.82, 2.24) is 4.98 Å². The number of anilines is 1. The van der Waals surface area contributed by atoms with Crippen LogP contribution >= 0.6 is 11.3 Å². The standard InChI is InChI=1S/C16H20N2O2S/c1-11-10-20-12(2)8-18(11)16-17-15(14(9-19)21-16)13-6-4-3-5-7-13/h3-7,11-12,19H,8-10H2,1-2H3. The average molecular weight is 304 g/mol. The van der Waals surface area contributed by atoms with Crippen LogP contribution in [0.15, 0.2) is 30.3 Å². The minimum atomic E-state index is 0.0240. The van der Waals surface area contributed by atoms with Gasteiger partial charge in [0.25, 0.3) is 0 Å². The molecule has 112 valence electrons. The Kier molecular flexibility index (Phi) is 4.24. The van der Waals surface area contributed by atoms with E-state index in [0.29, 0.717) is 6.04 Å². The zero-order valence-electron chi connectivity index (χ0n) is 12.3. The summed E-state index contributed by atoms with van der Waals surface area (Å²) in [7, 11) is 0. The summed E-state index contributed by atoms with van der Waals surface area (Å²) >= 11 is 1.58. The van der Waals surface area contributed by atoms with Crippen molar-refractivity contribution in [1.29, 1.82) is 0 Å². The summed E-state index contributed by atoms with van der Waals surface area (Å²) in [6.07, 6.45) is 0.211. The molecule has 0 spiro atoms. The Morgan fingerprint density at radius 1 is 1.33 bits per heavy atom. The van der Waals surface area contributed by atoms with E-state index in [2.05, 4.69) is 18.7 Å². The van der Waals surface area contributed by atoms with Gasteiger partial charge >= 0.3 is 0 Å². The summed E-state index contributed by atoms with van der Waals surface area (Å²) in [6.45, 7) is 5.81. The Morgan fingerprint density at radius 2 is 2.10 bits per heavy atom. The van der Waals surface area contributed by atoms with Crippen LogP contribution in [0.3, 0.4) is 0 Å². The molecule has 1 fully saturated rings. The van der Waals surface area contributed by atoms with Crippen LogP contribution in [-0.4, -0.2) is 35.4 Å². The van der Waals surface area contributed by atoms with Gasteiger partial charge in [-0.15, -0.1) is 0 Å². The van der Waals surface area contributed by atoms with E-state index in [-0.39, 0.29) is 12.7 Å². The third-order valence-electron chi connectivity index (χ3n) is 3.73. The summed E-state index contributed by atoms with van der Waals surface area (Å²) in [6, 6.07) is 10.3. The van der Waals surface area contributed by atoms with Crippen LogP contribution in [0, 0.1) is 0 Å². The van der Waals surface area contributed by atoms with Crippen LogP contribution in [-0.2, 0) is 11.3 Å². The molecule has 4 nitrogen and oxygen atoms in total. The first-order valence-electron chi connectivity index (χ1n) is 7.23. The quantitative estimate of drug-likeness (QED) is 0.947. The van der Waals surface area contributed by atoms with Gasteiger partial charge in [-0.25, -0.2) is 4.98 Å². The predicted molar refractivity (Wildman–Crippen MR) is 85.7 cm³/mol. The number of hydrogen-bond donors (Lipinski definition) is 1. The lowest BCUT2D eigenvalue weighted by Crippen LogP contribution is -2.47. The van der Waals surface area contributed by atoms with Gasteiger partial charge in [0, 0.05) is 12.1 Å². The van der Waals surface area contributed by atoms with Crippen LogP contribution in [0.1, 0.15) is 18.7 Å². The van der Waals surface area contributed by atoms with Crippen molar-refractivity contribution < 1.29 is 9.84 Å². The summed E-state index contributed by atoms with van der Waals surface area (Å²) in [5.41, 5.74) is 1.95. The molecule has 0 amide bonds. The highest BCUT2D eigenvalue weighted by Gasteiger charge is 2.27. The summed E-state index contributed by atoms with van der Waals surface area (Å²) in [5, 5.41) is 10.6. The number of nitrogens with zero attached hydrogens (tertiary/aromatic N) is 2. The highest BCUT2D eigenvalue weighted by atomic mass is 32.1. The highest BCUT2D eigenvalue weighted by Crippen LogP contribution is 2.34. The number of rotatable bonds is 3. The van der Waals surface area contributed by atoms with Gasteiger partial charge in [0.05, 0.1) is 35.9 Å². The Bertz CT molecular complexity index is 600. The van der Waals surface area contributed by atoms with E-state index in [1.165, 1.54) is 0 Å². The summed E-state index contributed by atoms with van der Waals surface area (Å²) < 4.78 is 5.68. The zero-order chi connectivity index (χ0) is 14.8. The van der Waals surface area contributed by atoms with E-state index in [1.54, 1.807) is 11.3 Å². The Hall–Kier alpha value is -1.43. The molecule has 5 heteroatoms. The van der Waals surface area contributed by atoms with Gasteiger partial charge < -0.3 is 14.7 Å². The minimum Gasteiger partial charge on any atom is -0.391 e. The molecule has 1 N–H and O–H groups in total. The molecule has 1 aromatic heterocycles. The van der Waals surface area contributed by atoms with Crippen LogP contribution in [0.2, 0.25) is 0 Å². The smallest absolute Gasteiger partial charge is 0.186 e. The van der Waals surface area contributed by atoms with E-state index >= 15 is 0 Å². The van der Waals surface area contributed by atoms with Crippen molar-refractivity contribution in [3.8, 4) is 11.3 Å². The van der Waals surface area contributed by atoms with Crippen LogP contribution < -0.4 is 4.90 Å². The predicted octanol–water partition coefficient (Wildman–Crippen LogP) is 2.92. The van der Waals surface area contributed by atoms with E-state index in [9.17, 15) is 5.11 Å². The minimum absolute atomic E-state index is 0.0240. The Labute approximate surface area is 129 Å². The fourth-order valence-corrected chi connectivity index (χ4v) is 3.61. The van der Waals surface area contributed by atoms with E-state index < -0.39 is 0 Å². The molecule has 0 aliphatic carbocycles. The van der Waals surface area contributed by atoms with Crippen molar-refractivity contribution in [3.63, 3.8) is 0 Å². The molecule has 0 radical (unpaired) electrons. The van der Waals surface area contributed by atoms with Crippen molar-refractivity contribution in [2.45, 2.75) is 32.6 Å². The van der Waals surface area contributed by atoms with Crippen molar-refractivity contribution >= 4 is 16.5 Å². The fraction of sp³-hybridized carbons (Fsp3) is 0.438. The molecule has 2 unspecified atom stereocenters. The monoisotopic (exact) mass is 304 g/mol. The molecule has 1 aliphatic rings. The first kappa shape index (κ1) is 14.5. The molecule has 0 bridgehead atoms. The maximum Gasteiger partial charge on any atom is 0.186 e. The third-order valence-corrected chi connectivity index (χ3v) is 4.81. The zero-order valence-corrected chi connectivity index (χ0v) is 13.1. The number of thiazole rings is 1. The number of aliphatic hydroxyl groups excluding tert-OH is 1. The number of aromatic nitrogens is 1. The molecule has 1 aromatic carbocycles. The normalized spacial score (nSPS) is 22.5. The van der Waals surface area contributed by atoms with Crippen LogP contribution in [0.25, 0.3) is 11.3 Å². The molecule has 1 aliphatic heterocycles. The maximum absolute atomic E-state index is 9.64. The molecular weight excluding hydrogens is 284 g/mol. The van der Waals surface area contributed by atoms with Crippen molar-refractivity contribution in [2.24, 2.45) is 0 Å². The van der Waals surface area contributed by atoms with Crippen molar-refractivity contribution in [3.05, 3.63) is 35.2 Å². The number of ether oxygens (including phenoxy) is 1. The molecular formula is C16H20N2O2S. The fourth-order valence-electron chi connectivity index (χ4n) is 2.56. The van der Waals surface area contributed by atoms with Crippen LogP contribution in [0.4, 0.5) is 5.13 Å². The average Bonchev–Trinajstić information content (AvgIpc) is 2.94. The first-order chi connectivity index (χ1) is 10.2. The van der Waals surface area contributed by atoms with Gasteiger partial charge in [0.2, 0.25) is 0 Å². The lowest BCUT2D eigenvalue weighted by Gasteiger charge is -2.36. The number of morpholine rings is 1. The maximum atomic E-state index is 9.64. The van der Waals surface area contributed by atoms with Gasteiger partial charge in [-0.05, 0) is 13.8 Å². The lowest BCUT2D eigenvalue weighted by atomic mass is 10.1. The largest absolute Gasteiger partial charge is 0.391 e. The van der Waals surface area contributed by atoms with Crippen LogP contribution in [0.5, 0.6) is 0 Å².